The number of hydrogen-bond donors (Lipinski definition) is 3. The second-order valence-corrected chi connectivity index (χ2v) is 6.02. The lowest BCUT2D eigenvalue weighted by Gasteiger charge is -2.12. The van der Waals surface area contributed by atoms with Gasteiger partial charge in [-0.05, 0) is 30.0 Å². The molecule has 0 aliphatic carbocycles. The molecule has 0 amide bonds. The van der Waals surface area contributed by atoms with Crippen LogP contribution in [0, 0.1) is 11.6 Å². The van der Waals surface area contributed by atoms with Crippen LogP contribution in [0.15, 0.2) is 42.0 Å². The SMILES string of the molecule is Nc1c(NCCc2cccs2)ncnc1Nc1cc(F)ccc1F. The molecule has 3 aromatic rings. The average molecular weight is 347 g/mol. The highest BCUT2D eigenvalue weighted by atomic mass is 32.1. The molecule has 0 fully saturated rings. The van der Waals surface area contributed by atoms with Crippen LogP contribution in [0.25, 0.3) is 0 Å². The summed E-state index contributed by atoms with van der Waals surface area (Å²) in [6.45, 7) is 0.648. The van der Waals surface area contributed by atoms with Crippen LogP contribution in [-0.4, -0.2) is 16.5 Å². The second kappa shape index (κ2) is 7.22. The van der Waals surface area contributed by atoms with E-state index < -0.39 is 11.6 Å². The molecule has 0 unspecified atom stereocenters. The Balaban J connectivity index is 1.71. The van der Waals surface area contributed by atoms with Crippen LogP contribution in [0.1, 0.15) is 4.88 Å². The zero-order valence-electron chi connectivity index (χ0n) is 12.6. The van der Waals surface area contributed by atoms with Crippen molar-refractivity contribution < 1.29 is 8.78 Å². The molecule has 0 saturated heterocycles. The maximum absolute atomic E-state index is 13.7. The zero-order chi connectivity index (χ0) is 16.9. The maximum Gasteiger partial charge on any atom is 0.159 e. The van der Waals surface area contributed by atoms with Gasteiger partial charge in [0.15, 0.2) is 11.6 Å². The van der Waals surface area contributed by atoms with E-state index in [1.165, 1.54) is 11.2 Å². The standard InChI is InChI=1S/C16H15F2N5S/c17-10-3-4-12(18)13(8-10)23-16-14(19)15(21-9-22-16)20-6-5-11-2-1-7-24-11/h1-4,7-9H,5-6,19H2,(H2,20,21,22,23). The number of benzene rings is 1. The predicted molar refractivity (Wildman–Crippen MR) is 92.6 cm³/mol. The molecule has 1 aromatic carbocycles. The Morgan fingerprint density at radius 2 is 1.96 bits per heavy atom. The minimum atomic E-state index is -0.596. The van der Waals surface area contributed by atoms with Crippen molar-refractivity contribution in [3.05, 3.63) is 58.6 Å². The van der Waals surface area contributed by atoms with Gasteiger partial charge in [0, 0.05) is 17.5 Å². The third-order valence-electron chi connectivity index (χ3n) is 3.31. The molecule has 24 heavy (non-hydrogen) atoms. The fourth-order valence-corrected chi connectivity index (χ4v) is 2.82. The summed E-state index contributed by atoms with van der Waals surface area (Å²) in [5.41, 5.74) is 6.22. The van der Waals surface area contributed by atoms with Crippen LogP contribution < -0.4 is 16.4 Å². The van der Waals surface area contributed by atoms with Crippen LogP contribution >= 0.6 is 11.3 Å². The topological polar surface area (TPSA) is 75.9 Å². The first-order chi connectivity index (χ1) is 11.6. The fraction of sp³-hybridized carbons (Fsp3) is 0.125. The number of halogens is 2. The van der Waals surface area contributed by atoms with Crippen LogP contribution in [0.2, 0.25) is 0 Å². The lowest BCUT2D eigenvalue weighted by atomic mass is 10.3. The summed E-state index contributed by atoms with van der Waals surface area (Å²) in [7, 11) is 0. The number of nitrogens with one attached hydrogen (secondary N) is 2. The van der Waals surface area contributed by atoms with Gasteiger partial charge in [0.2, 0.25) is 0 Å². The Morgan fingerprint density at radius 3 is 2.75 bits per heavy atom. The van der Waals surface area contributed by atoms with Crippen molar-refractivity contribution in [1.82, 2.24) is 9.97 Å². The molecule has 3 rings (SSSR count). The van der Waals surface area contributed by atoms with Crippen molar-refractivity contribution in [2.75, 3.05) is 22.9 Å². The summed E-state index contributed by atoms with van der Waals surface area (Å²) >= 11 is 1.68. The van der Waals surface area contributed by atoms with E-state index in [0.717, 1.165) is 24.6 Å². The van der Waals surface area contributed by atoms with Gasteiger partial charge in [-0.25, -0.2) is 18.7 Å². The molecule has 0 atom stereocenters. The molecule has 0 aliphatic heterocycles. The van der Waals surface area contributed by atoms with E-state index in [1.807, 2.05) is 11.4 Å². The van der Waals surface area contributed by atoms with Gasteiger partial charge in [0.05, 0.1) is 5.69 Å². The minimum Gasteiger partial charge on any atom is -0.393 e. The maximum atomic E-state index is 13.7. The zero-order valence-corrected chi connectivity index (χ0v) is 13.4. The van der Waals surface area contributed by atoms with Gasteiger partial charge in [-0.15, -0.1) is 11.3 Å². The third kappa shape index (κ3) is 3.77. The van der Waals surface area contributed by atoms with Gasteiger partial charge in [-0.3, -0.25) is 0 Å². The molecule has 0 saturated carbocycles. The first-order valence-electron chi connectivity index (χ1n) is 7.22. The van der Waals surface area contributed by atoms with Crippen LogP contribution in [0.5, 0.6) is 0 Å². The number of nitrogens with two attached hydrogens (primary N) is 1. The Bertz CT molecular complexity index is 823. The number of thiophene rings is 1. The largest absolute Gasteiger partial charge is 0.393 e. The van der Waals surface area contributed by atoms with Crippen molar-refractivity contribution in [3.63, 3.8) is 0 Å². The molecule has 2 aromatic heterocycles. The normalized spacial score (nSPS) is 10.6. The van der Waals surface area contributed by atoms with Crippen molar-refractivity contribution in [2.45, 2.75) is 6.42 Å². The van der Waals surface area contributed by atoms with Crippen molar-refractivity contribution >= 4 is 34.3 Å². The van der Waals surface area contributed by atoms with E-state index in [2.05, 4.69) is 26.7 Å². The summed E-state index contributed by atoms with van der Waals surface area (Å²) in [5.74, 6) is -0.489. The smallest absolute Gasteiger partial charge is 0.159 e. The number of aromatic nitrogens is 2. The number of nitrogen functional groups attached to an aromatic ring is 1. The number of rotatable bonds is 6. The van der Waals surface area contributed by atoms with Crippen LogP contribution in [0.4, 0.5) is 31.8 Å². The van der Waals surface area contributed by atoms with Gasteiger partial charge >= 0.3 is 0 Å². The van der Waals surface area contributed by atoms with Crippen molar-refractivity contribution in [2.24, 2.45) is 0 Å². The Morgan fingerprint density at radius 1 is 1.12 bits per heavy atom. The number of hydrogen-bond acceptors (Lipinski definition) is 6. The lowest BCUT2D eigenvalue weighted by Crippen LogP contribution is -2.10. The quantitative estimate of drug-likeness (QED) is 0.632. The molecular formula is C16H15F2N5S. The van der Waals surface area contributed by atoms with Gasteiger partial charge in [0.25, 0.3) is 0 Å². The molecule has 0 spiro atoms. The molecule has 4 N–H and O–H groups in total. The van der Waals surface area contributed by atoms with Crippen molar-refractivity contribution in [1.29, 1.82) is 0 Å². The highest BCUT2D eigenvalue weighted by Crippen LogP contribution is 2.27. The second-order valence-electron chi connectivity index (χ2n) is 4.99. The Labute approximate surface area is 141 Å². The average Bonchev–Trinajstić information content (AvgIpc) is 3.08. The summed E-state index contributed by atoms with van der Waals surface area (Å²) in [4.78, 5) is 9.32. The van der Waals surface area contributed by atoms with E-state index in [9.17, 15) is 8.78 Å². The number of nitrogens with zero attached hydrogens (tertiary/aromatic N) is 2. The summed E-state index contributed by atoms with van der Waals surface area (Å²) in [5, 5.41) is 7.84. The van der Waals surface area contributed by atoms with E-state index in [0.29, 0.717) is 12.4 Å². The molecule has 2 heterocycles. The van der Waals surface area contributed by atoms with E-state index in [4.69, 9.17) is 5.73 Å². The molecule has 0 aliphatic rings. The van der Waals surface area contributed by atoms with Gasteiger partial charge in [0.1, 0.15) is 23.6 Å². The number of anilines is 4. The van der Waals surface area contributed by atoms with E-state index in [1.54, 1.807) is 11.3 Å². The molecule has 0 bridgehead atoms. The molecular weight excluding hydrogens is 332 g/mol. The van der Waals surface area contributed by atoms with Gasteiger partial charge in [-0.2, -0.15) is 0 Å². The van der Waals surface area contributed by atoms with Gasteiger partial charge < -0.3 is 16.4 Å². The molecule has 5 nitrogen and oxygen atoms in total. The summed E-state index contributed by atoms with van der Waals surface area (Å²) in [6, 6.07) is 7.17. The third-order valence-corrected chi connectivity index (χ3v) is 4.25. The first-order valence-corrected chi connectivity index (χ1v) is 8.10. The van der Waals surface area contributed by atoms with Crippen molar-refractivity contribution in [3.8, 4) is 0 Å². The lowest BCUT2D eigenvalue weighted by molar-refractivity contribution is 0.603. The summed E-state index contributed by atoms with van der Waals surface area (Å²) < 4.78 is 27.0. The minimum absolute atomic E-state index is 0.0371. The molecule has 8 heteroatoms. The predicted octanol–water partition coefficient (Wildman–Crippen LogP) is 3.80. The monoisotopic (exact) mass is 347 g/mol. The van der Waals surface area contributed by atoms with Gasteiger partial charge in [-0.1, -0.05) is 6.07 Å². The fourth-order valence-electron chi connectivity index (χ4n) is 2.12. The van der Waals surface area contributed by atoms with Crippen LogP contribution in [-0.2, 0) is 6.42 Å². The van der Waals surface area contributed by atoms with Crippen LogP contribution in [0.3, 0.4) is 0 Å². The Kier molecular flexibility index (Phi) is 4.85. The summed E-state index contributed by atoms with van der Waals surface area (Å²) in [6.07, 6.45) is 2.14. The highest BCUT2D eigenvalue weighted by molar-refractivity contribution is 7.09. The highest BCUT2D eigenvalue weighted by Gasteiger charge is 2.11. The Hall–Kier alpha value is -2.74. The molecule has 0 radical (unpaired) electrons. The van der Waals surface area contributed by atoms with E-state index >= 15 is 0 Å². The van der Waals surface area contributed by atoms with E-state index in [-0.39, 0.29) is 17.2 Å². The first kappa shape index (κ1) is 16.1. The molecule has 124 valence electrons.